The Kier molecular flexibility index (Phi) is 6.88. The first-order valence-electron chi connectivity index (χ1n) is 9.20. The molecule has 1 amide bonds. The number of piperidine rings is 1. The summed E-state index contributed by atoms with van der Waals surface area (Å²) in [4.78, 5) is 28.0. The lowest BCUT2D eigenvalue weighted by Crippen LogP contribution is -2.42. The molecule has 0 spiro atoms. The summed E-state index contributed by atoms with van der Waals surface area (Å²) in [5.74, 6) is 0.0708. The van der Waals surface area contributed by atoms with Gasteiger partial charge >= 0.3 is 12.1 Å². The van der Waals surface area contributed by atoms with Crippen LogP contribution in [0.2, 0.25) is 0 Å². The van der Waals surface area contributed by atoms with Crippen LogP contribution in [-0.4, -0.2) is 42.8 Å². The van der Waals surface area contributed by atoms with Crippen LogP contribution in [0.15, 0.2) is 0 Å². The van der Waals surface area contributed by atoms with Crippen molar-refractivity contribution in [2.75, 3.05) is 20.2 Å². The van der Waals surface area contributed by atoms with Crippen LogP contribution in [0.5, 0.6) is 0 Å². The third kappa shape index (κ3) is 5.46. The SMILES string of the molecule is COC(=O)c1c(CC#N)sc(CC2CCN(C(=O)OC(C)(C)C)CC2)c1C. The summed E-state index contributed by atoms with van der Waals surface area (Å²) in [5.41, 5.74) is 0.987. The van der Waals surface area contributed by atoms with Crippen molar-refractivity contribution in [1.82, 2.24) is 4.90 Å². The number of esters is 1. The molecule has 2 rings (SSSR count). The smallest absolute Gasteiger partial charge is 0.410 e. The molecule has 0 saturated carbocycles. The van der Waals surface area contributed by atoms with Crippen molar-refractivity contribution in [3.05, 3.63) is 20.9 Å². The molecule has 0 atom stereocenters. The first-order chi connectivity index (χ1) is 12.7. The zero-order valence-electron chi connectivity index (χ0n) is 16.8. The second kappa shape index (κ2) is 8.75. The first-order valence-corrected chi connectivity index (χ1v) is 10.0. The average molecular weight is 393 g/mol. The van der Waals surface area contributed by atoms with Crippen molar-refractivity contribution in [1.29, 1.82) is 5.26 Å². The lowest BCUT2D eigenvalue weighted by atomic mass is 9.91. The van der Waals surface area contributed by atoms with Crippen LogP contribution >= 0.6 is 11.3 Å². The normalized spacial score (nSPS) is 15.3. The van der Waals surface area contributed by atoms with Gasteiger partial charge in [0.25, 0.3) is 0 Å². The Hall–Kier alpha value is -2.07. The standard InChI is InChI=1S/C20H28N2O4S/c1-13-16(27-15(6-9-21)17(13)18(23)25-5)12-14-7-10-22(11-8-14)19(24)26-20(2,3)4/h14H,6-8,10-12H2,1-5H3. The molecule has 0 radical (unpaired) electrons. The van der Waals surface area contributed by atoms with Gasteiger partial charge in [-0.2, -0.15) is 5.26 Å². The van der Waals surface area contributed by atoms with E-state index in [4.69, 9.17) is 14.7 Å². The molecule has 1 aliphatic heterocycles. The van der Waals surface area contributed by atoms with Gasteiger partial charge < -0.3 is 14.4 Å². The number of nitrogens with zero attached hydrogens (tertiary/aromatic N) is 2. The fourth-order valence-electron chi connectivity index (χ4n) is 3.29. The van der Waals surface area contributed by atoms with E-state index in [2.05, 4.69) is 6.07 Å². The fourth-order valence-corrected chi connectivity index (χ4v) is 4.64. The molecule has 1 aliphatic rings. The van der Waals surface area contributed by atoms with Crippen LogP contribution in [0.25, 0.3) is 0 Å². The fraction of sp³-hybridized carbons (Fsp3) is 0.650. The molecule has 1 fully saturated rings. The number of amides is 1. The van der Waals surface area contributed by atoms with E-state index in [-0.39, 0.29) is 18.5 Å². The van der Waals surface area contributed by atoms with Crippen LogP contribution in [-0.2, 0) is 22.3 Å². The average Bonchev–Trinajstić information content (AvgIpc) is 2.89. The van der Waals surface area contributed by atoms with Gasteiger partial charge in [0.2, 0.25) is 0 Å². The highest BCUT2D eigenvalue weighted by Crippen LogP contribution is 2.33. The van der Waals surface area contributed by atoms with Gasteiger partial charge in [-0.1, -0.05) is 0 Å². The van der Waals surface area contributed by atoms with Crippen LogP contribution < -0.4 is 0 Å². The van der Waals surface area contributed by atoms with Gasteiger partial charge in [0, 0.05) is 22.8 Å². The Balaban J connectivity index is 2.02. The number of carbonyl (C=O) groups excluding carboxylic acids is 2. The number of carbonyl (C=O) groups is 2. The van der Waals surface area contributed by atoms with Gasteiger partial charge in [-0.3, -0.25) is 0 Å². The minimum absolute atomic E-state index is 0.215. The van der Waals surface area contributed by atoms with Gasteiger partial charge in [-0.05, 0) is 58.4 Å². The monoisotopic (exact) mass is 392 g/mol. The molecule has 0 bridgehead atoms. The van der Waals surface area contributed by atoms with E-state index >= 15 is 0 Å². The second-order valence-corrected chi connectivity index (χ2v) is 9.08. The highest BCUT2D eigenvalue weighted by Gasteiger charge is 2.28. The lowest BCUT2D eigenvalue weighted by Gasteiger charge is -2.33. The maximum atomic E-state index is 12.2. The minimum Gasteiger partial charge on any atom is -0.465 e. The Morgan fingerprint density at radius 1 is 1.26 bits per heavy atom. The largest absolute Gasteiger partial charge is 0.465 e. The van der Waals surface area contributed by atoms with Crippen LogP contribution in [0.1, 0.15) is 59.3 Å². The van der Waals surface area contributed by atoms with E-state index in [1.807, 2.05) is 27.7 Å². The number of thiophene rings is 1. The summed E-state index contributed by atoms with van der Waals surface area (Å²) in [6.45, 7) is 8.89. The van der Waals surface area contributed by atoms with Crippen molar-refractivity contribution in [2.24, 2.45) is 5.92 Å². The molecular formula is C20H28N2O4S. The summed E-state index contributed by atoms with van der Waals surface area (Å²) in [6.07, 6.45) is 2.62. The maximum absolute atomic E-state index is 12.2. The van der Waals surface area contributed by atoms with E-state index in [9.17, 15) is 9.59 Å². The molecule has 27 heavy (non-hydrogen) atoms. The molecule has 7 heteroatoms. The van der Waals surface area contributed by atoms with Crippen molar-refractivity contribution in [3.63, 3.8) is 0 Å². The molecule has 0 N–H and O–H groups in total. The van der Waals surface area contributed by atoms with Gasteiger partial charge in [0.15, 0.2) is 0 Å². The molecule has 1 aromatic heterocycles. The zero-order chi connectivity index (χ0) is 20.2. The third-order valence-corrected chi connectivity index (χ3v) is 6.00. The summed E-state index contributed by atoms with van der Waals surface area (Å²) in [5, 5.41) is 9.04. The molecule has 0 aromatic carbocycles. The van der Waals surface area contributed by atoms with E-state index in [0.29, 0.717) is 24.6 Å². The van der Waals surface area contributed by atoms with Gasteiger partial charge in [0.05, 0.1) is 25.2 Å². The number of hydrogen-bond donors (Lipinski definition) is 0. The predicted molar refractivity (Wildman–Crippen MR) is 104 cm³/mol. The van der Waals surface area contributed by atoms with Crippen molar-refractivity contribution < 1.29 is 19.1 Å². The lowest BCUT2D eigenvalue weighted by molar-refractivity contribution is 0.0184. The van der Waals surface area contributed by atoms with E-state index in [1.165, 1.54) is 18.4 Å². The van der Waals surface area contributed by atoms with E-state index in [1.54, 1.807) is 4.90 Å². The Morgan fingerprint density at radius 2 is 1.89 bits per heavy atom. The number of nitriles is 1. The molecule has 0 aliphatic carbocycles. The zero-order valence-corrected chi connectivity index (χ0v) is 17.6. The topological polar surface area (TPSA) is 79.6 Å². The number of ether oxygens (including phenoxy) is 2. The highest BCUT2D eigenvalue weighted by molar-refractivity contribution is 7.12. The molecule has 148 valence electrons. The van der Waals surface area contributed by atoms with Crippen molar-refractivity contribution in [2.45, 2.75) is 59.0 Å². The third-order valence-electron chi connectivity index (χ3n) is 4.69. The first kappa shape index (κ1) is 21.2. The Morgan fingerprint density at radius 3 is 2.41 bits per heavy atom. The van der Waals surface area contributed by atoms with Gasteiger partial charge in [-0.15, -0.1) is 11.3 Å². The van der Waals surface area contributed by atoms with Gasteiger partial charge in [-0.25, -0.2) is 9.59 Å². The number of methoxy groups -OCH3 is 1. The van der Waals surface area contributed by atoms with Crippen molar-refractivity contribution >= 4 is 23.4 Å². The Bertz CT molecular complexity index is 734. The predicted octanol–water partition coefficient (Wildman–Crippen LogP) is 4.10. The second-order valence-electron chi connectivity index (χ2n) is 7.89. The molecule has 0 unspecified atom stereocenters. The molecule has 6 nitrogen and oxygen atoms in total. The van der Waals surface area contributed by atoms with Crippen LogP contribution in [0, 0.1) is 24.2 Å². The number of rotatable bonds is 4. The Labute approximate surface area is 165 Å². The van der Waals surface area contributed by atoms with Gasteiger partial charge in [0.1, 0.15) is 5.60 Å². The summed E-state index contributed by atoms with van der Waals surface area (Å²) in [6, 6.07) is 2.13. The van der Waals surface area contributed by atoms with E-state index < -0.39 is 5.60 Å². The summed E-state index contributed by atoms with van der Waals surface area (Å²) in [7, 11) is 1.36. The summed E-state index contributed by atoms with van der Waals surface area (Å²) >= 11 is 1.53. The molecule has 1 saturated heterocycles. The highest BCUT2D eigenvalue weighted by atomic mass is 32.1. The quantitative estimate of drug-likeness (QED) is 0.721. The minimum atomic E-state index is -0.483. The number of likely N-dealkylation sites (tertiary alicyclic amines) is 1. The number of hydrogen-bond acceptors (Lipinski definition) is 6. The molecule has 1 aromatic rings. The molecule has 2 heterocycles. The maximum Gasteiger partial charge on any atom is 0.410 e. The van der Waals surface area contributed by atoms with Crippen LogP contribution in [0.3, 0.4) is 0 Å². The summed E-state index contributed by atoms with van der Waals surface area (Å²) < 4.78 is 10.3. The van der Waals surface area contributed by atoms with Crippen LogP contribution in [0.4, 0.5) is 4.79 Å². The van der Waals surface area contributed by atoms with Crippen molar-refractivity contribution in [3.8, 4) is 6.07 Å². The molecular weight excluding hydrogens is 364 g/mol. The van der Waals surface area contributed by atoms with E-state index in [0.717, 1.165) is 34.6 Å².